The van der Waals surface area contributed by atoms with Crippen molar-refractivity contribution in [3.05, 3.63) is 41.6 Å². The number of piperidine rings is 1. The molecule has 1 aromatic carbocycles. The zero-order valence-corrected chi connectivity index (χ0v) is 17.3. The third kappa shape index (κ3) is 4.05. The second-order valence-corrected chi connectivity index (χ2v) is 8.46. The fourth-order valence-corrected chi connectivity index (χ4v) is 4.22. The number of hydrogen-bond donors (Lipinski definition) is 1. The minimum Gasteiger partial charge on any atom is -0.486 e. The Morgan fingerprint density at radius 1 is 1.28 bits per heavy atom. The van der Waals surface area contributed by atoms with Gasteiger partial charge in [-0.25, -0.2) is 4.68 Å². The summed E-state index contributed by atoms with van der Waals surface area (Å²) in [6, 6.07) is 7.78. The van der Waals surface area contributed by atoms with Gasteiger partial charge in [0.1, 0.15) is 17.2 Å². The van der Waals surface area contributed by atoms with Gasteiger partial charge < -0.3 is 10.1 Å². The predicted octanol–water partition coefficient (Wildman–Crippen LogP) is 3.21. The molecule has 1 N–H and O–H groups in total. The van der Waals surface area contributed by atoms with Crippen molar-refractivity contribution in [2.45, 2.75) is 51.7 Å². The van der Waals surface area contributed by atoms with Crippen molar-refractivity contribution in [1.29, 1.82) is 0 Å². The van der Waals surface area contributed by atoms with Crippen molar-refractivity contribution >= 4 is 17.5 Å². The van der Waals surface area contributed by atoms with E-state index in [0.29, 0.717) is 30.1 Å². The molecule has 7 heteroatoms. The summed E-state index contributed by atoms with van der Waals surface area (Å²) in [5.74, 6) is 1.51. The lowest BCUT2D eigenvalue weighted by Gasteiger charge is -2.43. The van der Waals surface area contributed by atoms with Crippen LogP contribution in [-0.4, -0.2) is 51.6 Å². The lowest BCUT2D eigenvalue weighted by atomic mass is 9.82. The molecule has 1 fully saturated rings. The highest BCUT2D eigenvalue weighted by atomic mass is 16.5. The summed E-state index contributed by atoms with van der Waals surface area (Å²) >= 11 is 0. The number of fused-ring (bicyclic) bond motifs is 1. The maximum atomic E-state index is 12.7. The lowest BCUT2D eigenvalue weighted by Crippen LogP contribution is -2.52. The van der Waals surface area contributed by atoms with Crippen molar-refractivity contribution in [3.63, 3.8) is 0 Å². The van der Waals surface area contributed by atoms with Gasteiger partial charge in [-0.2, -0.15) is 5.10 Å². The Bertz CT molecular complexity index is 926. The summed E-state index contributed by atoms with van der Waals surface area (Å²) in [5.41, 5.74) is 1.32. The fourth-order valence-electron chi connectivity index (χ4n) is 4.22. The van der Waals surface area contributed by atoms with E-state index >= 15 is 0 Å². The van der Waals surface area contributed by atoms with E-state index in [9.17, 15) is 9.59 Å². The molecule has 1 aromatic heterocycles. The normalized spacial score (nSPS) is 18.6. The van der Waals surface area contributed by atoms with Crippen molar-refractivity contribution in [1.82, 2.24) is 14.7 Å². The fraction of sp³-hybridized carbons (Fsp3) is 0.500. The molecule has 0 unspecified atom stereocenters. The summed E-state index contributed by atoms with van der Waals surface area (Å²) in [6.45, 7) is 7.81. The Morgan fingerprint density at radius 2 is 2.03 bits per heavy atom. The number of nitrogens with zero attached hydrogens (tertiary/aromatic N) is 3. The molecule has 1 spiro atoms. The molecule has 2 aromatic rings. The third-order valence-electron chi connectivity index (χ3n) is 5.81. The minimum atomic E-state index is -0.442. The molecule has 0 radical (unpaired) electrons. The molecule has 0 bridgehead atoms. The van der Waals surface area contributed by atoms with E-state index in [2.05, 4.69) is 15.3 Å². The molecule has 1 amide bonds. The van der Waals surface area contributed by atoms with E-state index in [1.165, 1.54) is 0 Å². The molecular formula is C22H28N4O3. The Morgan fingerprint density at radius 3 is 2.76 bits per heavy atom. The molecule has 154 valence electrons. The van der Waals surface area contributed by atoms with Crippen LogP contribution in [0.4, 0.5) is 5.82 Å². The van der Waals surface area contributed by atoms with E-state index < -0.39 is 5.60 Å². The van der Waals surface area contributed by atoms with Crippen LogP contribution in [0, 0.1) is 6.92 Å². The zero-order valence-electron chi connectivity index (χ0n) is 17.3. The number of carbonyl (C=O) groups is 2. The average Bonchev–Trinajstić information content (AvgIpc) is 3.13. The van der Waals surface area contributed by atoms with Gasteiger partial charge in [0, 0.05) is 38.0 Å². The van der Waals surface area contributed by atoms with Crippen LogP contribution in [0.25, 0.3) is 0 Å². The number of Topliss-reactive ketones (excluding diaryl/α,β-unsaturated/α-hetero) is 1. The van der Waals surface area contributed by atoms with E-state index in [1.54, 1.807) is 10.9 Å². The van der Waals surface area contributed by atoms with Gasteiger partial charge in [0.25, 0.3) is 0 Å². The number of ether oxygens (including phenoxy) is 1. The lowest BCUT2D eigenvalue weighted by molar-refractivity contribution is -0.118. The van der Waals surface area contributed by atoms with Gasteiger partial charge in [-0.3, -0.25) is 14.5 Å². The van der Waals surface area contributed by atoms with Gasteiger partial charge in [0.2, 0.25) is 5.91 Å². The molecule has 29 heavy (non-hydrogen) atoms. The molecule has 7 nitrogen and oxygen atoms in total. The van der Waals surface area contributed by atoms with E-state index in [1.807, 2.05) is 45.0 Å². The number of ketones is 1. The van der Waals surface area contributed by atoms with Gasteiger partial charge >= 0.3 is 0 Å². The highest BCUT2D eigenvalue weighted by Gasteiger charge is 2.43. The van der Waals surface area contributed by atoms with E-state index in [0.717, 1.165) is 31.5 Å². The zero-order chi connectivity index (χ0) is 20.6. The first kappa shape index (κ1) is 19.6. The van der Waals surface area contributed by atoms with Gasteiger partial charge in [0.15, 0.2) is 5.78 Å². The summed E-state index contributed by atoms with van der Waals surface area (Å²) < 4.78 is 8.10. The van der Waals surface area contributed by atoms with Crippen molar-refractivity contribution in [3.8, 4) is 5.75 Å². The molecular weight excluding hydrogens is 368 g/mol. The van der Waals surface area contributed by atoms with E-state index in [-0.39, 0.29) is 17.7 Å². The molecule has 2 aliphatic rings. The molecule has 1 saturated heterocycles. The number of benzene rings is 1. The van der Waals surface area contributed by atoms with Crippen LogP contribution >= 0.6 is 0 Å². The standard InChI is InChI=1S/C22H28N4O3/c1-15(2)26-20(6-9-23-26)24-21(28)14-25-10-7-22(8-11-25)13-18(27)17-12-16(3)4-5-19(17)29-22/h4-6,9,12,15H,7-8,10-11,13-14H2,1-3H3,(H,24,28). The first-order chi connectivity index (χ1) is 13.8. The summed E-state index contributed by atoms with van der Waals surface area (Å²) in [4.78, 5) is 27.3. The number of amides is 1. The SMILES string of the molecule is Cc1ccc2c(c1)C(=O)CC1(CCN(CC(=O)Nc3ccnn3C(C)C)CC1)O2. The van der Waals surface area contributed by atoms with Crippen LogP contribution in [0.15, 0.2) is 30.5 Å². The highest BCUT2D eigenvalue weighted by Crippen LogP contribution is 2.39. The van der Waals surface area contributed by atoms with Crippen LogP contribution < -0.4 is 10.1 Å². The Balaban J connectivity index is 1.35. The van der Waals surface area contributed by atoms with E-state index in [4.69, 9.17) is 4.74 Å². The smallest absolute Gasteiger partial charge is 0.239 e. The van der Waals surface area contributed by atoms with Crippen molar-refractivity contribution in [2.75, 3.05) is 25.0 Å². The van der Waals surface area contributed by atoms with Gasteiger partial charge in [-0.15, -0.1) is 0 Å². The first-order valence-corrected chi connectivity index (χ1v) is 10.2. The molecule has 4 rings (SSSR count). The number of aryl methyl sites for hydroxylation is 1. The maximum absolute atomic E-state index is 12.7. The monoisotopic (exact) mass is 396 g/mol. The molecule has 2 aliphatic heterocycles. The van der Waals surface area contributed by atoms with Crippen LogP contribution in [0.5, 0.6) is 5.75 Å². The number of nitrogens with one attached hydrogen (secondary N) is 1. The molecule has 0 aliphatic carbocycles. The number of aromatic nitrogens is 2. The Kier molecular flexibility index (Phi) is 5.17. The maximum Gasteiger partial charge on any atom is 0.239 e. The summed E-state index contributed by atoms with van der Waals surface area (Å²) in [6.07, 6.45) is 3.58. The van der Waals surface area contributed by atoms with Gasteiger partial charge in [-0.1, -0.05) is 11.6 Å². The summed E-state index contributed by atoms with van der Waals surface area (Å²) in [5, 5.41) is 7.19. The van der Waals surface area contributed by atoms with Crippen molar-refractivity contribution < 1.29 is 14.3 Å². The molecule has 0 saturated carbocycles. The second-order valence-electron chi connectivity index (χ2n) is 8.46. The average molecular weight is 396 g/mol. The first-order valence-electron chi connectivity index (χ1n) is 10.2. The summed E-state index contributed by atoms with van der Waals surface area (Å²) in [7, 11) is 0. The van der Waals surface area contributed by atoms with Gasteiger partial charge in [-0.05, 0) is 32.9 Å². The van der Waals surface area contributed by atoms with Crippen LogP contribution in [-0.2, 0) is 4.79 Å². The van der Waals surface area contributed by atoms with Crippen LogP contribution in [0.2, 0.25) is 0 Å². The molecule has 3 heterocycles. The number of hydrogen-bond acceptors (Lipinski definition) is 5. The van der Waals surface area contributed by atoms with Gasteiger partial charge in [0.05, 0.1) is 24.7 Å². The third-order valence-corrected chi connectivity index (χ3v) is 5.81. The largest absolute Gasteiger partial charge is 0.486 e. The van der Waals surface area contributed by atoms with Crippen molar-refractivity contribution in [2.24, 2.45) is 0 Å². The number of carbonyl (C=O) groups excluding carboxylic acids is 2. The minimum absolute atomic E-state index is 0.0511. The van der Waals surface area contributed by atoms with Crippen LogP contribution in [0.3, 0.4) is 0 Å². The number of likely N-dealkylation sites (tertiary alicyclic amines) is 1. The number of rotatable bonds is 4. The predicted molar refractivity (Wildman–Crippen MR) is 110 cm³/mol. The topological polar surface area (TPSA) is 76.5 Å². The highest BCUT2D eigenvalue weighted by molar-refractivity contribution is 6.00. The quantitative estimate of drug-likeness (QED) is 0.859. The van der Waals surface area contributed by atoms with Crippen LogP contribution in [0.1, 0.15) is 55.1 Å². The molecule has 0 atom stereocenters. The Labute approximate surface area is 171 Å². The Hall–Kier alpha value is -2.67. The number of anilines is 1. The second kappa shape index (κ2) is 7.63.